The summed E-state index contributed by atoms with van der Waals surface area (Å²) in [6.45, 7) is 3.58. The van der Waals surface area contributed by atoms with Gasteiger partial charge in [-0.25, -0.2) is 0 Å². The van der Waals surface area contributed by atoms with E-state index in [2.05, 4.69) is 16.3 Å². The van der Waals surface area contributed by atoms with Gasteiger partial charge >= 0.3 is 0 Å². The number of nitrogens with one attached hydrogen (secondary N) is 1. The molecule has 1 aliphatic heterocycles. The number of amides is 1. The molecule has 2 aliphatic rings. The highest BCUT2D eigenvalue weighted by atomic mass is 16.1. The van der Waals surface area contributed by atoms with Crippen LogP contribution in [0.15, 0.2) is 24.3 Å². The minimum Gasteiger partial charge on any atom is -0.371 e. The van der Waals surface area contributed by atoms with Crippen LogP contribution in [0.1, 0.15) is 12.5 Å². The molecule has 92 valence electrons. The monoisotopic (exact) mass is 241 g/mol. The van der Waals surface area contributed by atoms with Gasteiger partial charge in [-0.15, -0.1) is 0 Å². The van der Waals surface area contributed by atoms with E-state index in [0.717, 1.165) is 13.1 Å². The minimum absolute atomic E-state index is 0.0688. The topological polar surface area (TPSA) is 56.1 Å². The van der Waals surface area contributed by atoms with Crippen molar-refractivity contribution in [1.29, 1.82) is 5.26 Å². The number of anilines is 1. The summed E-state index contributed by atoms with van der Waals surface area (Å²) >= 11 is 0. The van der Waals surface area contributed by atoms with E-state index in [9.17, 15) is 4.79 Å². The Morgan fingerprint density at radius 2 is 1.94 bits per heavy atom. The summed E-state index contributed by atoms with van der Waals surface area (Å²) in [5, 5.41) is 11.8. The average molecular weight is 241 g/mol. The van der Waals surface area contributed by atoms with E-state index in [-0.39, 0.29) is 5.91 Å². The molecule has 1 saturated heterocycles. The van der Waals surface area contributed by atoms with Gasteiger partial charge in [-0.1, -0.05) is 0 Å². The van der Waals surface area contributed by atoms with Crippen LogP contribution >= 0.6 is 0 Å². The molecule has 0 bridgehead atoms. The molecule has 1 N–H and O–H groups in total. The van der Waals surface area contributed by atoms with Crippen LogP contribution in [-0.4, -0.2) is 25.0 Å². The highest BCUT2D eigenvalue weighted by molar-refractivity contribution is 5.74. The number of rotatable bonds is 2. The Kier molecular flexibility index (Phi) is 2.48. The van der Waals surface area contributed by atoms with Gasteiger partial charge in [0.15, 0.2) is 0 Å². The third-order valence-corrected chi connectivity index (χ3v) is 3.93. The first kappa shape index (κ1) is 11.1. The van der Waals surface area contributed by atoms with E-state index in [1.54, 1.807) is 6.92 Å². The molecular formula is C14H15N3O. The Bertz CT molecular complexity index is 505. The third-order valence-electron chi connectivity index (χ3n) is 3.93. The molecule has 3 atom stereocenters. The first-order valence-corrected chi connectivity index (χ1v) is 6.21. The first-order valence-electron chi connectivity index (χ1n) is 6.21. The summed E-state index contributed by atoms with van der Waals surface area (Å²) < 4.78 is 0. The fourth-order valence-corrected chi connectivity index (χ4v) is 2.93. The Labute approximate surface area is 106 Å². The zero-order chi connectivity index (χ0) is 12.7. The Morgan fingerprint density at radius 1 is 1.33 bits per heavy atom. The van der Waals surface area contributed by atoms with Crippen molar-refractivity contribution in [2.75, 3.05) is 18.0 Å². The van der Waals surface area contributed by atoms with Crippen molar-refractivity contribution >= 4 is 11.6 Å². The number of carbonyl (C=O) groups excluding carboxylic acids is 1. The van der Waals surface area contributed by atoms with Gasteiger partial charge in [-0.05, 0) is 24.3 Å². The quantitative estimate of drug-likeness (QED) is 0.844. The molecule has 4 heteroatoms. The van der Waals surface area contributed by atoms with E-state index in [1.807, 2.05) is 24.3 Å². The molecule has 4 nitrogen and oxygen atoms in total. The van der Waals surface area contributed by atoms with Crippen molar-refractivity contribution in [2.45, 2.75) is 13.0 Å². The number of hydrogen-bond donors (Lipinski definition) is 1. The lowest BCUT2D eigenvalue weighted by atomic mass is 10.2. The maximum absolute atomic E-state index is 11.0. The molecule has 1 unspecified atom stereocenters. The molecule has 0 aromatic heterocycles. The minimum atomic E-state index is 0.0688. The molecule has 0 radical (unpaired) electrons. The number of nitriles is 1. The first-order chi connectivity index (χ1) is 8.69. The van der Waals surface area contributed by atoms with Crippen LogP contribution < -0.4 is 10.2 Å². The van der Waals surface area contributed by atoms with E-state index >= 15 is 0 Å². The second kappa shape index (κ2) is 4.02. The SMILES string of the molecule is CC(=O)NC1[C@H]2CN(c3ccc(C#N)cc3)C[C@@H]12. The van der Waals surface area contributed by atoms with E-state index < -0.39 is 0 Å². The highest BCUT2D eigenvalue weighted by Gasteiger charge is 2.56. The van der Waals surface area contributed by atoms with Crippen LogP contribution in [0.5, 0.6) is 0 Å². The number of carbonyl (C=O) groups is 1. The molecule has 1 aliphatic carbocycles. The van der Waals surface area contributed by atoms with E-state index in [0.29, 0.717) is 23.4 Å². The van der Waals surface area contributed by atoms with Crippen molar-refractivity contribution < 1.29 is 4.79 Å². The predicted octanol–water partition coefficient (Wildman–Crippen LogP) is 1.13. The lowest BCUT2D eigenvalue weighted by Gasteiger charge is -2.22. The van der Waals surface area contributed by atoms with Crippen molar-refractivity contribution in [3.05, 3.63) is 29.8 Å². The lowest BCUT2D eigenvalue weighted by molar-refractivity contribution is -0.119. The van der Waals surface area contributed by atoms with Crippen LogP contribution in [0.4, 0.5) is 5.69 Å². The fraction of sp³-hybridized carbons (Fsp3) is 0.429. The molecule has 1 aromatic carbocycles. The van der Waals surface area contributed by atoms with Crippen LogP contribution in [0.25, 0.3) is 0 Å². The third kappa shape index (κ3) is 1.82. The Balaban J connectivity index is 1.62. The Hall–Kier alpha value is -2.02. The second-order valence-electron chi connectivity index (χ2n) is 5.12. The van der Waals surface area contributed by atoms with Gasteiger partial charge in [0.1, 0.15) is 0 Å². The second-order valence-corrected chi connectivity index (χ2v) is 5.12. The number of fused-ring (bicyclic) bond motifs is 1. The standard InChI is InChI=1S/C14H15N3O/c1-9(18)16-14-12-7-17(8-13(12)14)11-4-2-10(6-15)3-5-11/h2-5,12-14H,7-8H2,1H3,(H,16,18)/t12-,13+,14?. The van der Waals surface area contributed by atoms with Crippen LogP contribution in [0.2, 0.25) is 0 Å². The molecule has 3 rings (SSSR count). The number of piperidine rings is 1. The van der Waals surface area contributed by atoms with Crippen LogP contribution in [0, 0.1) is 23.2 Å². The lowest BCUT2D eigenvalue weighted by Crippen LogP contribution is -2.33. The van der Waals surface area contributed by atoms with Gasteiger partial charge < -0.3 is 10.2 Å². The maximum Gasteiger partial charge on any atom is 0.217 e. The Morgan fingerprint density at radius 3 is 2.44 bits per heavy atom. The number of nitrogens with zero attached hydrogens (tertiary/aromatic N) is 2. The summed E-state index contributed by atoms with van der Waals surface area (Å²) in [6, 6.07) is 10.2. The predicted molar refractivity (Wildman–Crippen MR) is 68.0 cm³/mol. The normalized spacial score (nSPS) is 28.4. The van der Waals surface area contributed by atoms with Crippen molar-refractivity contribution in [3.63, 3.8) is 0 Å². The molecule has 1 saturated carbocycles. The molecule has 1 aromatic rings. The van der Waals surface area contributed by atoms with Gasteiger partial charge in [0.05, 0.1) is 11.6 Å². The summed E-state index contributed by atoms with van der Waals surface area (Å²) in [5.41, 5.74) is 1.86. The van der Waals surface area contributed by atoms with Gasteiger partial charge in [0, 0.05) is 43.6 Å². The van der Waals surface area contributed by atoms with Crippen LogP contribution in [0.3, 0.4) is 0 Å². The molecular weight excluding hydrogens is 226 g/mol. The maximum atomic E-state index is 11.0. The summed E-state index contributed by atoms with van der Waals surface area (Å²) in [7, 11) is 0. The number of benzene rings is 1. The van der Waals surface area contributed by atoms with E-state index in [4.69, 9.17) is 5.26 Å². The molecule has 18 heavy (non-hydrogen) atoms. The summed E-state index contributed by atoms with van der Waals surface area (Å²) in [6.07, 6.45) is 0. The van der Waals surface area contributed by atoms with Crippen molar-refractivity contribution in [3.8, 4) is 6.07 Å². The molecule has 1 heterocycles. The highest BCUT2D eigenvalue weighted by Crippen LogP contribution is 2.46. The largest absolute Gasteiger partial charge is 0.371 e. The zero-order valence-electron chi connectivity index (χ0n) is 10.3. The van der Waals surface area contributed by atoms with Crippen molar-refractivity contribution in [1.82, 2.24) is 5.32 Å². The fourth-order valence-electron chi connectivity index (χ4n) is 2.93. The molecule has 0 spiro atoms. The number of hydrogen-bond acceptors (Lipinski definition) is 3. The molecule has 1 amide bonds. The van der Waals surface area contributed by atoms with Crippen molar-refractivity contribution in [2.24, 2.45) is 11.8 Å². The van der Waals surface area contributed by atoms with Gasteiger partial charge in [-0.3, -0.25) is 4.79 Å². The van der Waals surface area contributed by atoms with E-state index in [1.165, 1.54) is 5.69 Å². The smallest absolute Gasteiger partial charge is 0.217 e. The van der Waals surface area contributed by atoms with Gasteiger partial charge in [0.25, 0.3) is 0 Å². The average Bonchev–Trinajstić information content (AvgIpc) is 2.83. The molecule has 2 fully saturated rings. The summed E-state index contributed by atoms with van der Waals surface area (Å²) in [5.74, 6) is 1.27. The van der Waals surface area contributed by atoms with Gasteiger partial charge in [0.2, 0.25) is 5.91 Å². The summed E-state index contributed by atoms with van der Waals surface area (Å²) in [4.78, 5) is 13.3. The zero-order valence-corrected chi connectivity index (χ0v) is 10.3. The van der Waals surface area contributed by atoms with Gasteiger partial charge in [-0.2, -0.15) is 5.26 Å². The van der Waals surface area contributed by atoms with Crippen LogP contribution in [-0.2, 0) is 4.79 Å².